The number of rotatable bonds is 6. The van der Waals surface area contributed by atoms with E-state index in [4.69, 9.17) is 19.7 Å². The fourth-order valence-corrected chi connectivity index (χ4v) is 3.55. The predicted octanol–water partition coefficient (Wildman–Crippen LogP) is 5.76. The van der Waals surface area contributed by atoms with Gasteiger partial charge >= 0.3 is 11.9 Å². The van der Waals surface area contributed by atoms with E-state index in [9.17, 15) is 9.59 Å². The molecule has 34 heavy (non-hydrogen) atoms. The molecular formula is C26H16N2O6. The van der Waals surface area contributed by atoms with Gasteiger partial charge in [0.25, 0.3) is 0 Å². The van der Waals surface area contributed by atoms with Crippen LogP contribution in [0, 0.1) is 0 Å². The normalized spacial score (nSPS) is 10.8. The minimum absolute atomic E-state index is 0.213. The van der Waals surface area contributed by atoms with Crippen LogP contribution in [0.5, 0.6) is 23.0 Å². The van der Waals surface area contributed by atoms with Crippen LogP contribution >= 0.6 is 0 Å². The quantitative estimate of drug-likeness (QED) is 0.334. The Morgan fingerprint density at radius 2 is 0.941 bits per heavy atom. The highest BCUT2D eigenvalue weighted by Crippen LogP contribution is 2.35. The lowest BCUT2D eigenvalue weighted by Gasteiger charge is -2.12. The number of hydrogen-bond donors (Lipinski definition) is 2. The van der Waals surface area contributed by atoms with E-state index in [-0.39, 0.29) is 11.1 Å². The molecule has 0 aliphatic carbocycles. The number of aromatic nitrogens is 2. The summed E-state index contributed by atoms with van der Waals surface area (Å²) < 4.78 is 12.0. The van der Waals surface area contributed by atoms with E-state index in [0.717, 1.165) is 21.5 Å². The van der Waals surface area contributed by atoms with Crippen molar-refractivity contribution in [3.05, 3.63) is 96.3 Å². The number of carboxylic acids is 2. The standard InChI is InChI=1S/C26H16N2O6/c29-25(30)19-3-1-17-11-21(7-5-15(17)9-19)33-23-13-27-28-14-24(23)34-22-8-6-16-10-20(26(31)32)4-2-18(16)12-22/h1-14H,(H,29,30)(H,31,32). The van der Waals surface area contributed by atoms with Crippen LogP contribution in [0.1, 0.15) is 20.7 Å². The summed E-state index contributed by atoms with van der Waals surface area (Å²) in [5, 5.41) is 29.3. The van der Waals surface area contributed by atoms with Crippen molar-refractivity contribution in [1.29, 1.82) is 0 Å². The molecule has 0 amide bonds. The Bertz CT molecular complexity index is 1460. The van der Waals surface area contributed by atoms with Crippen LogP contribution in [0.4, 0.5) is 0 Å². The molecule has 5 rings (SSSR count). The van der Waals surface area contributed by atoms with Crippen LogP contribution in [-0.4, -0.2) is 32.3 Å². The van der Waals surface area contributed by atoms with Crippen molar-refractivity contribution < 1.29 is 29.3 Å². The summed E-state index contributed by atoms with van der Waals surface area (Å²) in [6, 6.07) is 20.3. The second-order valence-electron chi connectivity index (χ2n) is 7.48. The van der Waals surface area contributed by atoms with E-state index in [1.807, 2.05) is 0 Å². The summed E-state index contributed by atoms with van der Waals surface area (Å²) in [6.45, 7) is 0. The molecule has 166 valence electrons. The van der Waals surface area contributed by atoms with Crippen LogP contribution in [-0.2, 0) is 0 Å². The molecule has 8 nitrogen and oxygen atoms in total. The number of fused-ring (bicyclic) bond motifs is 2. The van der Waals surface area contributed by atoms with Gasteiger partial charge in [-0.3, -0.25) is 0 Å². The molecule has 0 saturated carbocycles. The van der Waals surface area contributed by atoms with E-state index in [0.29, 0.717) is 23.0 Å². The van der Waals surface area contributed by atoms with Gasteiger partial charge in [-0.1, -0.05) is 24.3 Å². The lowest BCUT2D eigenvalue weighted by molar-refractivity contribution is 0.0686. The van der Waals surface area contributed by atoms with Crippen LogP contribution in [0.15, 0.2) is 85.2 Å². The molecule has 1 aromatic heterocycles. The topological polar surface area (TPSA) is 119 Å². The minimum Gasteiger partial charge on any atom is -0.478 e. The van der Waals surface area contributed by atoms with Crippen molar-refractivity contribution >= 4 is 33.5 Å². The first-order valence-corrected chi connectivity index (χ1v) is 10.2. The van der Waals surface area contributed by atoms with Gasteiger partial charge in [-0.05, 0) is 70.1 Å². The van der Waals surface area contributed by atoms with Crippen molar-refractivity contribution in [3.63, 3.8) is 0 Å². The Balaban J connectivity index is 1.41. The van der Waals surface area contributed by atoms with Gasteiger partial charge in [0.05, 0.1) is 23.5 Å². The molecule has 0 fully saturated rings. The first-order valence-electron chi connectivity index (χ1n) is 10.2. The minimum atomic E-state index is -0.983. The molecule has 0 unspecified atom stereocenters. The zero-order valence-electron chi connectivity index (χ0n) is 17.5. The van der Waals surface area contributed by atoms with Crippen molar-refractivity contribution in [3.8, 4) is 23.0 Å². The Kier molecular flexibility index (Phi) is 5.23. The molecule has 0 atom stereocenters. The second-order valence-corrected chi connectivity index (χ2v) is 7.48. The number of carboxylic acid groups (broad SMARTS) is 2. The summed E-state index contributed by atoms with van der Waals surface area (Å²) >= 11 is 0. The third-order valence-corrected chi connectivity index (χ3v) is 5.23. The molecule has 8 heteroatoms. The Labute approximate surface area is 192 Å². The molecule has 2 N–H and O–H groups in total. The molecule has 5 aromatic rings. The zero-order chi connectivity index (χ0) is 23.7. The van der Waals surface area contributed by atoms with Gasteiger partial charge in [0, 0.05) is 0 Å². The van der Waals surface area contributed by atoms with E-state index < -0.39 is 11.9 Å². The molecule has 1 heterocycles. The molecule has 0 saturated heterocycles. The largest absolute Gasteiger partial charge is 0.478 e. The highest BCUT2D eigenvalue weighted by molar-refractivity contribution is 5.95. The third-order valence-electron chi connectivity index (χ3n) is 5.23. The summed E-state index contributed by atoms with van der Waals surface area (Å²) in [5.41, 5.74) is 0.425. The lowest BCUT2D eigenvalue weighted by atomic mass is 10.1. The average molecular weight is 452 g/mol. The lowest BCUT2D eigenvalue weighted by Crippen LogP contribution is -1.96. The Hall–Kier alpha value is -4.98. The molecule has 0 bridgehead atoms. The molecule has 0 aliphatic heterocycles. The van der Waals surface area contributed by atoms with Crippen LogP contribution in [0.3, 0.4) is 0 Å². The third kappa shape index (κ3) is 4.20. The average Bonchev–Trinajstić information content (AvgIpc) is 2.84. The first-order chi connectivity index (χ1) is 16.5. The van der Waals surface area contributed by atoms with Crippen molar-refractivity contribution in [2.75, 3.05) is 0 Å². The van der Waals surface area contributed by atoms with E-state index in [1.54, 1.807) is 60.7 Å². The van der Waals surface area contributed by atoms with Crippen molar-refractivity contribution in [1.82, 2.24) is 10.2 Å². The highest BCUT2D eigenvalue weighted by Gasteiger charge is 2.11. The number of nitrogens with zero attached hydrogens (tertiary/aromatic N) is 2. The number of carbonyl (C=O) groups is 2. The smallest absolute Gasteiger partial charge is 0.335 e. The fourth-order valence-electron chi connectivity index (χ4n) is 3.55. The molecule has 0 aliphatic rings. The molecular weight excluding hydrogens is 436 g/mol. The fraction of sp³-hybridized carbons (Fsp3) is 0. The maximum Gasteiger partial charge on any atom is 0.335 e. The summed E-state index contributed by atoms with van der Waals surface area (Å²) in [5.74, 6) is -0.234. The SMILES string of the molecule is O=C(O)c1ccc2cc(Oc3cnncc3Oc3ccc4cc(C(=O)O)ccc4c3)ccc2c1. The zero-order valence-corrected chi connectivity index (χ0v) is 17.5. The monoisotopic (exact) mass is 452 g/mol. The van der Waals surface area contributed by atoms with E-state index >= 15 is 0 Å². The number of hydrogen-bond acceptors (Lipinski definition) is 6. The number of benzene rings is 4. The second kappa shape index (κ2) is 8.51. The van der Waals surface area contributed by atoms with Crippen molar-refractivity contribution in [2.24, 2.45) is 0 Å². The summed E-state index contributed by atoms with van der Waals surface area (Å²) in [7, 11) is 0. The van der Waals surface area contributed by atoms with E-state index in [2.05, 4.69) is 10.2 Å². The maximum absolute atomic E-state index is 11.2. The number of ether oxygens (including phenoxy) is 2. The molecule has 4 aromatic carbocycles. The summed E-state index contributed by atoms with van der Waals surface area (Å²) in [4.78, 5) is 22.4. The Morgan fingerprint density at radius 1 is 0.559 bits per heavy atom. The van der Waals surface area contributed by atoms with E-state index in [1.165, 1.54) is 24.5 Å². The van der Waals surface area contributed by atoms with Gasteiger partial charge in [-0.25, -0.2) is 9.59 Å². The van der Waals surface area contributed by atoms with Gasteiger partial charge in [-0.15, -0.1) is 0 Å². The van der Waals surface area contributed by atoms with Gasteiger partial charge in [-0.2, -0.15) is 10.2 Å². The van der Waals surface area contributed by atoms with Gasteiger partial charge in [0.2, 0.25) is 0 Å². The highest BCUT2D eigenvalue weighted by atomic mass is 16.5. The van der Waals surface area contributed by atoms with Gasteiger partial charge in [0.1, 0.15) is 11.5 Å². The van der Waals surface area contributed by atoms with Crippen molar-refractivity contribution in [2.45, 2.75) is 0 Å². The summed E-state index contributed by atoms with van der Waals surface area (Å²) in [6.07, 6.45) is 2.88. The first kappa shape index (κ1) is 20.9. The van der Waals surface area contributed by atoms with Gasteiger partial charge in [0.15, 0.2) is 11.5 Å². The predicted molar refractivity (Wildman–Crippen MR) is 124 cm³/mol. The Morgan fingerprint density at radius 3 is 1.35 bits per heavy atom. The molecule has 0 radical (unpaired) electrons. The van der Waals surface area contributed by atoms with Crippen LogP contribution in [0.25, 0.3) is 21.5 Å². The maximum atomic E-state index is 11.2. The van der Waals surface area contributed by atoms with Crippen LogP contribution < -0.4 is 9.47 Å². The number of aromatic carboxylic acids is 2. The van der Waals surface area contributed by atoms with Crippen LogP contribution in [0.2, 0.25) is 0 Å². The molecule has 0 spiro atoms. The van der Waals surface area contributed by atoms with Gasteiger partial charge < -0.3 is 19.7 Å².